The number of rotatable bonds is 10. The van der Waals surface area contributed by atoms with E-state index in [1.165, 1.54) is 24.0 Å². The molecular weight excluding hydrogens is 384 g/mol. The molecule has 0 saturated carbocycles. The number of Topliss-reactive ketones (excluding diaryl/α,β-unsaturated/α-hetero) is 1. The summed E-state index contributed by atoms with van der Waals surface area (Å²) in [6, 6.07) is 16.9. The van der Waals surface area contributed by atoms with Gasteiger partial charge in [-0.1, -0.05) is 68.8 Å². The van der Waals surface area contributed by atoms with Crippen LogP contribution in [0.3, 0.4) is 0 Å². The van der Waals surface area contributed by atoms with Crippen LogP contribution in [0.1, 0.15) is 66.3 Å². The molecule has 2 unspecified atom stereocenters. The van der Waals surface area contributed by atoms with Gasteiger partial charge in [0.25, 0.3) is 0 Å². The first kappa shape index (κ1) is 23.6. The Morgan fingerprint density at radius 3 is 2.29 bits per heavy atom. The maximum Gasteiger partial charge on any atom is 0.183 e. The smallest absolute Gasteiger partial charge is 0.183 e. The van der Waals surface area contributed by atoms with Crippen LogP contribution in [-0.2, 0) is 17.6 Å². The molecule has 0 aliphatic carbocycles. The molecule has 2 atom stereocenters. The number of carbonyl (C=O) groups is 1. The van der Waals surface area contributed by atoms with E-state index in [0.29, 0.717) is 6.42 Å². The zero-order chi connectivity index (χ0) is 22.3. The summed E-state index contributed by atoms with van der Waals surface area (Å²) in [6.45, 7) is 6.77. The van der Waals surface area contributed by atoms with Crippen molar-refractivity contribution in [3.05, 3.63) is 70.8 Å². The maximum atomic E-state index is 13.8. The Hall–Kier alpha value is -2.01. The van der Waals surface area contributed by atoms with Crippen molar-refractivity contribution in [2.45, 2.75) is 57.6 Å². The number of carbonyl (C=O) groups excluding carboxylic acids is 1. The molecule has 3 rings (SSSR count). The van der Waals surface area contributed by atoms with Crippen molar-refractivity contribution < 1.29 is 9.53 Å². The third-order valence-corrected chi connectivity index (χ3v) is 6.67. The molecule has 4 heteroatoms. The predicted octanol–water partition coefficient (Wildman–Crippen LogP) is 4.83. The molecule has 1 heterocycles. The second-order valence-electron chi connectivity index (χ2n) is 8.89. The monoisotopic (exact) mass is 422 g/mol. The van der Waals surface area contributed by atoms with E-state index in [9.17, 15) is 4.79 Å². The fourth-order valence-corrected chi connectivity index (χ4v) is 4.48. The molecule has 1 aliphatic rings. The molecule has 0 aromatic heterocycles. The van der Waals surface area contributed by atoms with Gasteiger partial charge in [0.15, 0.2) is 5.78 Å². The number of morpholine rings is 1. The van der Waals surface area contributed by atoms with E-state index in [-0.39, 0.29) is 11.9 Å². The molecule has 0 radical (unpaired) electrons. The van der Waals surface area contributed by atoms with E-state index in [1.54, 1.807) is 0 Å². The summed E-state index contributed by atoms with van der Waals surface area (Å²) >= 11 is 0. The fraction of sp³-hybridized carbons (Fsp3) is 0.519. The van der Waals surface area contributed by atoms with Gasteiger partial charge in [0.1, 0.15) is 0 Å². The lowest BCUT2D eigenvalue weighted by Gasteiger charge is -2.38. The summed E-state index contributed by atoms with van der Waals surface area (Å²) in [7, 11) is 4.04. The van der Waals surface area contributed by atoms with Crippen molar-refractivity contribution >= 4 is 5.78 Å². The normalized spacial score (nSPS) is 18.7. The minimum absolute atomic E-state index is 0.0638. The van der Waals surface area contributed by atoms with E-state index >= 15 is 0 Å². The molecule has 31 heavy (non-hydrogen) atoms. The van der Waals surface area contributed by atoms with E-state index in [0.717, 1.165) is 43.7 Å². The second-order valence-corrected chi connectivity index (χ2v) is 8.89. The molecule has 1 fully saturated rings. The Morgan fingerprint density at radius 1 is 1.06 bits per heavy atom. The number of hydrogen-bond donors (Lipinski definition) is 1. The molecule has 2 aromatic carbocycles. The highest BCUT2D eigenvalue weighted by Gasteiger charge is 2.39. The number of benzene rings is 2. The largest absolute Gasteiger partial charge is 0.371 e. The summed E-state index contributed by atoms with van der Waals surface area (Å²) in [4.78, 5) is 15.9. The first-order valence-electron chi connectivity index (χ1n) is 11.7. The number of ether oxygens (including phenoxy) is 1. The Balaban J connectivity index is 1.79. The fourth-order valence-electron chi connectivity index (χ4n) is 4.48. The first-order chi connectivity index (χ1) is 15.0. The lowest BCUT2D eigenvalue weighted by molar-refractivity contribution is 0.0277. The molecule has 0 amide bonds. The highest BCUT2D eigenvalue weighted by atomic mass is 16.5. The molecular formula is C27H38N2O2. The van der Waals surface area contributed by atoms with Crippen molar-refractivity contribution in [3.63, 3.8) is 0 Å². The predicted molar refractivity (Wildman–Crippen MR) is 128 cm³/mol. The molecule has 1 aliphatic heterocycles. The van der Waals surface area contributed by atoms with E-state index in [1.807, 2.05) is 38.4 Å². The van der Waals surface area contributed by atoms with Gasteiger partial charge < -0.3 is 10.1 Å². The van der Waals surface area contributed by atoms with Crippen LogP contribution < -0.4 is 5.32 Å². The Labute approximate surface area is 188 Å². The molecule has 1 saturated heterocycles. The lowest BCUT2D eigenvalue weighted by atomic mass is 9.80. The number of hydrogen-bond acceptors (Lipinski definition) is 4. The number of unbranched alkanes of at least 4 members (excludes halogenated alkanes) is 1. The van der Waals surface area contributed by atoms with E-state index in [4.69, 9.17) is 4.74 Å². The van der Waals surface area contributed by atoms with Crippen LogP contribution in [0.2, 0.25) is 0 Å². The van der Waals surface area contributed by atoms with Crippen molar-refractivity contribution in [1.82, 2.24) is 10.2 Å². The Bertz CT molecular complexity index is 823. The van der Waals surface area contributed by atoms with Crippen LogP contribution in [0.4, 0.5) is 0 Å². The lowest BCUT2D eigenvalue weighted by Crippen LogP contribution is -2.52. The van der Waals surface area contributed by atoms with Crippen LogP contribution in [0, 0.1) is 0 Å². The van der Waals surface area contributed by atoms with Gasteiger partial charge in [0.05, 0.1) is 18.2 Å². The molecule has 168 valence electrons. The average molecular weight is 423 g/mol. The maximum absolute atomic E-state index is 13.8. The second kappa shape index (κ2) is 11.0. The van der Waals surface area contributed by atoms with Gasteiger partial charge in [-0.3, -0.25) is 9.69 Å². The van der Waals surface area contributed by atoms with Crippen molar-refractivity contribution in [2.24, 2.45) is 0 Å². The van der Waals surface area contributed by atoms with Crippen molar-refractivity contribution in [2.75, 3.05) is 33.8 Å². The number of likely N-dealkylation sites (N-methyl/N-ethyl adjacent to an activating group) is 1. The zero-order valence-corrected chi connectivity index (χ0v) is 19.6. The van der Waals surface area contributed by atoms with Crippen LogP contribution >= 0.6 is 0 Å². The Kier molecular flexibility index (Phi) is 8.42. The first-order valence-corrected chi connectivity index (χ1v) is 11.7. The van der Waals surface area contributed by atoms with Crippen molar-refractivity contribution in [3.8, 4) is 0 Å². The number of ketones is 1. The van der Waals surface area contributed by atoms with Gasteiger partial charge in [-0.2, -0.15) is 0 Å². The van der Waals surface area contributed by atoms with Gasteiger partial charge in [0.2, 0.25) is 0 Å². The third-order valence-electron chi connectivity index (χ3n) is 6.67. The quantitative estimate of drug-likeness (QED) is 0.557. The number of nitrogens with one attached hydrogen (secondary N) is 1. The van der Waals surface area contributed by atoms with Crippen LogP contribution in [0.25, 0.3) is 0 Å². The standard InChI is InChI=1S/C27H38N2O2/c1-5-7-8-21-9-11-22(12-10-21)19-27(6-2,29(3)4)26(30)24-15-13-23(14-16-24)25-20-28-17-18-31-25/h9-16,25,28H,5-8,17-20H2,1-4H3. The van der Waals surface area contributed by atoms with Crippen molar-refractivity contribution in [1.29, 1.82) is 0 Å². The summed E-state index contributed by atoms with van der Waals surface area (Å²) in [6.07, 6.45) is 5.07. The van der Waals surface area contributed by atoms with Crippen LogP contribution in [0.15, 0.2) is 48.5 Å². The molecule has 0 spiro atoms. The molecule has 2 aromatic rings. The number of aryl methyl sites for hydroxylation is 1. The van der Waals surface area contributed by atoms with Gasteiger partial charge >= 0.3 is 0 Å². The van der Waals surface area contributed by atoms with Gasteiger partial charge in [0, 0.05) is 18.7 Å². The molecule has 4 nitrogen and oxygen atoms in total. The van der Waals surface area contributed by atoms with Crippen LogP contribution in [0.5, 0.6) is 0 Å². The minimum Gasteiger partial charge on any atom is -0.371 e. The summed E-state index contributed by atoms with van der Waals surface area (Å²) in [5, 5.41) is 3.36. The number of nitrogens with zero attached hydrogens (tertiary/aromatic N) is 1. The highest BCUT2D eigenvalue weighted by molar-refractivity contribution is 6.03. The summed E-state index contributed by atoms with van der Waals surface area (Å²) in [5.41, 5.74) is 3.91. The molecule has 0 bridgehead atoms. The van der Waals surface area contributed by atoms with Gasteiger partial charge in [-0.05, 0) is 56.5 Å². The van der Waals surface area contributed by atoms with Gasteiger partial charge in [-0.25, -0.2) is 0 Å². The highest BCUT2D eigenvalue weighted by Crippen LogP contribution is 2.29. The Morgan fingerprint density at radius 2 is 1.74 bits per heavy atom. The topological polar surface area (TPSA) is 41.6 Å². The molecule has 1 N–H and O–H groups in total. The SMILES string of the molecule is CCCCc1ccc(CC(CC)(C(=O)c2ccc(C3CNCCO3)cc2)N(C)C)cc1. The average Bonchev–Trinajstić information content (AvgIpc) is 2.82. The third kappa shape index (κ3) is 5.62. The van der Waals surface area contributed by atoms with Crippen LogP contribution in [-0.4, -0.2) is 50.0 Å². The summed E-state index contributed by atoms with van der Waals surface area (Å²) in [5.74, 6) is 0.185. The van der Waals surface area contributed by atoms with E-state index in [2.05, 4.69) is 48.3 Å². The van der Waals surface area contributed by atoms with Gasteiger partial charge in [-0.15, -0.1) is 0 Å². The zero-order valence-electron chi connectivity index (χ0n) is 19.6. The summed E-state index contributed by atoms with van der Waals surface area (Å²) < 4.78 is 5.85. The van der Waals surface area contributed by atoms with E-state index < -0.39 is 5.54 Å². The minimum atomic E-state index is -0.560.